The van der Waals surface area contributed by atoms with Crippen molar-refractivity contribution in [2.24, 2.45) is 5.73 Å². The largest absolute Gasteiger partial charge is 0.368 e. The first kappa shape index (κ1) is 10.8. The highest BCUT2D eigenvalue weighted by Gasteiger charge is 2.28. The zero-order chi connectivity index (χ0) is 10.8. The first-order valence-corrected chi connectivity index (χ1v) is 6.23. The van der Waals surface area contributed by atoms with Crippen molar-refractivity contribution >= 4 is 38.3 Å². The Balaban J connectivity index is 2.21. The summed E-state index contributed by atoms with van der Waals surface area (Å²) in [6, 6.07) is -0.295. The number of carbonyl (C=O) groups is 1. The monoisotopic (exact) mass is 290 g/mol. The van der Waals surface area contributed by atoms with E-state index < -0.39 is 0 Å². The Labute approximate surface area is 99.8 Å². The highest BCUT2D eigenvalue weighted by molar-refractivity contribution is 9.10. The third kappa shape index (κ3) is 2.30. The van der Waals surface area contributed by atoms with E-state index in [2.05, 4.69) is 26.2 Å². The van der Waals surface area contributed by atoms with Crippen molar-refractivity contribution in [3.63, 3.8) is 0 Å². The molecule has 0 saturated carbocycles. The van der Waals surface area contributed by atoms with Gasteiger partial charge in [0.25, 0.3) is 0 Å². The summed E-state index contributed by atoms with van der Waals surface area (Å²) >= 11 is 4.81. The van der Waals surface area contributed by atoms with Crippen molar-refractivity contribution in [3.8, 4) is 0 Å². The predicted octanol–water partition coefficient (Wildman–Crippen LogP) is 0.169. The van der Waals surface area contributed by atoms with Crippen LogP contribution in [-0.2, 0) is 4.79 Å². The van der Waals surface area contributed by atoms with Crippen molar-refractivity contribution < 1.29 is 4.79 Å². The number of hydrogen-bond acceptors (Lipinski definition) is 5. The number of aromatic nitrogens is 1. The van der Waals surface area contributed by atoms with Crippen LogP contribution in [0.4, 0.5) is 5.13 Å². The quantitative estimate of drug-likeness (QED) is 0.815. The number of primary amides is 1. The fraction of sp³-hybridized carbons (Fsp3) is 0.500. The molecule has 15 heavy (non-hydrogen) atoms. The molecule has 1 aliphatic rings. The van der Waals surface area contributed by atoms with Crippen LogP contribution in [0, 0.1) is 0 Å². The molecule has 0 bridgehead atoms. The first-order chi connectivity index (χ1) is 7.18. The Hall–Kier alpha value is -0.660. The lowest BCUT2D eigenvalue weighted by atomic mass is 10.2. The van der Waals surface area contributed by atoms with E-state index >= 15 is 0 Å². The third-order valence-electron chi connectivity index (χ3n) is 2.28. The molecule has 0 spiro atoms. The van der Waals surface area contributed by atoms with Gasteiger partial charge in [-0.2, -0.15) is 0 Å². The Kier molecular flexibility index (Phi) is 3.22. The van der Waals surface area contributed by atoms with E-state index in [1.807, 2.05) is 10.3 Å². The number of nitrogens with two attached hydrogens (primary N) is 1. The lowest BCUT2D eigenvalue weighted by molar-refractivity contribution is -0.119. The van der Waals surface area contributed by atoms with Gasteiger partial charge < -0.3 is 16.0 Å². The van der Waals surface area contributed by atoms with Crippen molar-refractivity contribution in [3.05, 3.63) is 9.98 Å². The molecule has 1 aromatic heterocycles. The van der Waals surface area contributed by atoms with Crippen molar-refractivity contribution in [1.82, 2.24) is 10.3 Å². The molecule has 7 heteroatoms. The Bertz CT molecular complexity index is 369. The number of nitrogens with one attached hydrogen (secondary N) is 1. The maximum Gasteiger partial charge on any atom is 0.241 e. The lowest BCUT2D eigenvalue weighted by Crippen LogP contribution is -2.57. The van der Waals surface area contributed by atoms with E-state index in [9.17, 15) is 4.79 Å². The van der Waals surface area contributed by atoms with E-state index in [4.69, 9.17) is 5.73 Å². The number of thiazole rings is 1. The van der Waals surface area contributed by atoms with Gasteiger partial charge in [-0.15, -0.1) is 11.3 Å². The van der Waals surface area contributed by atoms with Crippen LogP contribution in [0.15, 0.2) is 9.98 Å². The molecule has 1 saturated heterocycles. The number of rotatable bonds is 2. The van der Waals surface area contributed by atoms with Gasteiger partial charge in [0.15, 0.2) is 5.13 Å². The van der Waals surface area contributed by atoms with Gasteiger partial charge in [0, 0.05) is 25.0 Å². The summed E-state index contributed by atoms with van der Waals surface area (Å²) < 4.78 is 0.796. The van der Waals surface area contributed by atoms with Crippen molar-refractivity contribution in [2.75, 3.05) is 24.5 Å². The minimum atomic E-state index is -0.312. The van der Waals surface area contributed by atoms with Gasteiger partial charge in [0.2, 0.25) is 5.91 Å². The van der Waals surface area contributed by atoms with Gasteiger partial charge in [0.1, 0.15) is 10.6 Å². The van der Waals surface area contributed by atoms with Crippen molar-refractivity contribution in [2.45, 2.75) is 6.04 Å². The summed E-state index contributed by atoms with van der Waals surface area (Å²) in [5.74, 6) is -0.312. The second-order valence-corrected chi connectivity index (χ2v) is 4.92. The summed E-state index contributed by atoms with van der Waals surface area (Å²) in [6.45, 7) is 2.20. The van der Waals surface area contributed by atoms with E-state index in [0.717, 1.165) is 22.8 Å². The second-order valence-electron chi connectivity index (χ2n) is 3.27. The number of piperazine rings is 1. The Morgan fingerprint density at radius 2 is 2.60 bits per heavy atom. The number of carbonyl (C=O) groups excluding carboxylic acids is 1. The van der Waals surface area contributed by atoms with Gasteiger partial charge in [-0.1, -0.05) is 0 Å². The van der Waals surface area contributed by atoms with Gasteiger partial charge >= 0.3 is 0 Å². The zero-order valence-electron chi connectivity index (χ0n) is 7.94. The average molecular weight is 291 g/mol. The fourth-order valence-electron chi connectivity index (χ4n) is 1.56. The van der Waals surface area contributed by atoms with Crippen LogP contribution in [0.25, 0.3) is 0 Å². The molecule has 1 amide bonds. The lowest BCUT2D eigenvalue weighted by Gasteiger charge is -2.33. The molecule has 5 nitrogen and oxygen atoms in total. The van der Waals surface area contributed by atoms with Gasteiger partial charge in [-0.25, -0.2) is 4.98 Å². The number of halogens is 1. The molecular formula is C8H11BrN4OS. The fourth-order valence-corrected chi connectivity index (χ4v) is 2.89. The van der Waals surface area contributed by atoms with Gasteiger partial charge in [0.05, 0.1) is 0 Å². The molecule has 0 radical (unpaired) electrons. The smallest absolute Gasteiger partial charge is 0.241 e. The summed E-state index contributed by atoms with van der Waals surface area (Å²) in [4.78, 5) is 17.5. The summed E-state index contributed by atoms with van der Waals surface area (Å²) in [6.07, 6.45) is 0. The number of nitrogens with zero attached hydrogens (tertiary/aromatic N) is 2. The molecule has 1 fully saturated rings. The normalized spacial score (nSPS) is 21.7. The maximum absolute atomic E-state index is 11.3. The van der Waals surface area contributed by atoms with Crippen LogP contribution in [0.3, 0.4) is 0 Å². The third-order valence-corrected chi connectivity index (χ3v) is 3.87. The minimum absolute atomic E-state index is 0.295. The summed E-state index contributed by atoms with van der Waals surface area (Å²) in [5.41, 5.74) is 5.35. The Morgan fingerprint density at radius 3 is 3.20 bits per heavy atom. The molecule has 1 aromatic rings. The number of hydrogen-bond donors (Lipinski definition) is 2. The maximum atomic E-state index is 11.3. The molecule has 1 unspecified atom stereocenters. The van der Waals surface area contributed by atoms with E-state index in [1.54, 1.807) is 0 Å². The summed E-state index contributed by atoms with van der Waals surface area (Å²) in [7, 11) is 0. The van der Waals surface area contributed by atoms with Crippen LogP contribution < -0.4 is 16.0 Å². The molecule has 1 aliphatic heterocycles. The molecule has 2 rings (SSSR count). The molecule has 0 aromatic carbocycles. The number of amides is 1. The van der Waals surface area contributed by atoms with Crippen LogP contribution in [-0.4, -0.2) is 36.6 Å². The average Bonchev–Trinajstić information content (AvgIpc) is 2.65. The highest BCUT2D eigenvalue weighted by Crippen LogP contribution is 2.25. The number of anilines is 1. The van der Waals surface area contributed by atoms with Crippen LogP contribution in [0.1, 0.15) is 0 Å². The van der Waals surface area contributed by atoms with Crippen molar-refractivity contribution in [1.29, 1.82) is 0 Å². The first-order valence-electron chi connectivity index (χ1n) is 4.56. The van der Waals surface area contributed by atoms with Gasteiger partial charge in [-0.3, -0.25) is 4.79 Å². The molecule has 1 atom stereocenters. The van der Waals surface area contributed by atoms with E-state index in [1.165, 1.54) is 11.3 Å². The zero-order valence-corrected chi connectivity index (χ0v) is 10.3. The SMILES string of the molecule is NC(=O)C1CNCCN1c1nc(Br)cs1. The van der Waals surface area contributed by atoms with Crippen LogP contribution in [0.2, 0.25) is 0 Å². The molecule has 3 N–H and O–H groups in total. The van der Waals surface area contributed by atoms with Crippen LogP contribution in [0.5, 0.6) is 0 Å². The Morgan fingerprint density at radius 1 is 1.80 bits per heavy atom. The highest BCUT2D eigenvalue weighted by atomic mass is 79.9. The van der Waals surface area contributed by atoms with Gasteiger partial charge in [-0.05, 0) is 15.9 Å². The van der Waals surface area contributed by atoms with E-state index in [-0.39, 0.29) is 11.9 Å². The van der Waals surface area contributed by atoms with E-state index in [0.29, 0.717) is 6.54 Å². The molecule has 2 heterocycles. The van der Waals surface area contributed by atoms with Crippen LogP contribution >= 0.6 is 27.3 Å². The minimum Gasteiger partial charge on any atom is -0.368 e. The topological polar surface area (TPSA) is 71.2 Å². The standard InChI is InChI=1S/C8H11BrN4OS/c9-6-4-15-8(12-6)13-2-1-11-3-5(13)7(10)14/h4-5,11H,1-3H2,(H2,10,14). The second kappa shape index (κ2) is 4.46. The molecular weight excluding hydrogens is 280 g/mol. The predicted molar refractivity (Wildman–Crippen MR) is 63.0 cm³/mol. The molecule has 0 aliphatic carbocycles. The summed E-state index contributed by atoms with van der Waals surface area (Å²) in [5, 5.41) is 5.88. The molecule has 82 valence electrons.